The molecule has 0 radical (unpaired) electrons. The second kappa shape index (κ2) is 5.26. The molecule has 17 heavy (non-hydrogen) atoms. The van der Waals surface area contributed by atoms with E-state index in [1.807, 2.05) is 0 Å². The predicted octanol–water partition coefficient (Wildman–Crippen LogP) is 1.56. The molecule has 4 nitrogen and oxygen atoms in total. The summed E-state index contributed by atoms with van der Waals surface area (Å²) in [6.07, 6.45) is 0.214. The maximum atomic E-state index is 13.4. The van der Waals surface area contributed by atoms with Crippen LogP contribution in [0.25, 0.3) is 0 Å². The van der Waals surface area contributed by atoms with E-state index in [1.54, 1.807) is 5.38 Å². The summed E-state index contributed by atoms with van der Waals surface area (Å²) in [5.74, 6) is 4.43. The number of halogens is 2. The molecule has 0 aliphatic rings. The van der Waals surface area contributed by atoms with E-state index in [0.29, 0.717) is 5.69 Å². The third-order valence-electron chi connectivity index (χ3n) is 2.37. The second-order valence-corrected chi connectivity index (χ2v) is 4.10. The van der Waals surface area contributed by atoms with Crippen molar-refractivity contribution in [2.45, 2.75) is 12.5 Å². The van der Waals surface area contributed by atoms with Gasteiger partial charge in [0.1, 0.15) is 11.6 Å². The van der Waals surface area contributed by atoms with Crippen molar-refractivity contribution in [2.75, 3.05) is 0 Å². The van der Waals surface area contributed by atoms with Gasteiger partial charge in [-0.1, -0.05) is 4.49 Å². The Morgan fingerprint density at radius 2 is 2.24 bits per heavy atom. The van der Waals surface area contributed by atoms with E-state index in [-0.39, 0.29) is 18.0 Å². The number of hydrazine groups is 1. The molecule has 1 atom stereocenters. The minimum atomic E-state index is -0.478. The molecule has 2 aromatic rings. The molecule has 1 aromatic heterocycles. The summed E-state index contributed by atoms with van der Waals surface area (Å²) in [6.45, 7) is 0. The van der Waals surface area contributed by atoms with Gasteiger partial charge in [0.15, 0.2) is 0 Å². The van der Waals surface area contributed by atoms with Gasteiger partial charge in [0.05, 0.1) is 11.7 Å². The smallest absolute Gasteiger partial charge is 0.126 e. The molecule has 1 unspecified atom stereocenters. The van der Waals surface area contributed by atoms with Gasteiger partial charge in [-0.2, -0.15) is 0 Å². The highest BCUT2D eigenvalue weighted by Crippen LogP contribution is 2.19. The molecule has 0 spiro atoms. The summed E-state index contributed by atoms with van der Waals surface area (Å²) >= 11 is 1.18. The van der Waals surface area contributed by atoms with Gasteiger partial charge in [0, 0.05) is 5.38 Å². The Balaban J connectivity index is 2.21. The average molecular weight is 256 g/mol. The van der Waals surface area contributed by atoms with Crippen LogP contribution in [0.15, 0.2) is 23.6 Å². The molecule has 1 heterocycles. The number of hydrogen-bond acceptors (Lipinski definition) is 5. The summed E-state index contributed by atoms with van der Waals surface area (Å²) in [4.78, 5) is 0. The molecule has 90 valence electrons. The maximum Gasteiger partial charge on any atom is 0.126 e. The second-order valence-electron chi connectivity index (χ2n) is 3.49. The van der Waals surface area contributed by atoms with Crippen LogP contribution in [0.4, 0.5) is 8.78 Å². The lowest BCUT2D eigenvalue weighted by Gasteiger charge is -2.13. The largest absolute Gasteiger partial charge is 0.271 e. The summed E-state index contributed by atoms with van der Waals surface area (Å²) in [5.41, 5.74) is 3.38. The third kappa shape index (κ3) is 2.82. The Morgan fingerprint density at radius 1 is 1.41 bits per heavy atom. The van der Waals surface area contributed by atoms with E-state index in [1.165, 1.54) is 11.5 Å². The van der Waals surface area contributed by atoms with Crippen LogP contribution in [-0.2, 0) is 6.42 Å². The van der Waals surface area contributed by atoms with Crippen LogP contribution in [0, 0.1) is 11.6 Å². The summed E-state index contributed by atoms with van der Waals surface area (Å²) in [5, 5.41) is 5.56. The first-order valence-corrected chi connectivity index (χ1v) is 5.71. The van der Waals surface area contributed by atoms with Crippen LogP contribution in [0.2, 0.25) is 0 Å². The molecule has 0 amide bonds. The highest BCUT2D eigenvalue weighted by Gasteiger charge is 2.16. The van der Waals surface area contributed by atoms with Crippen molar-refractivity contribution in [3.63, 3.8) is 0 Å². The number of rotatable bonds is 4. The molecule has 0 saturated carbocycles. The minimum Gasteiger partial charge on any atom is -0.271 e. The normalized spacial score (nSPS) is 12.6. The molecule has 0 saturated heterocycles. The van der Waals surface area contributed by atoms with E-state index < -0.39 is 11.6 Å². The van der Waals surface area contributed by atoms with Crippen LogP contribution in [0.3, 0.4) is 0 Å². The average Bonchev–Trinajstić information content (AvgIpc) is 2.84. The third-order valence-corrected chi connectivity index (χ3v) is 2.89. The van der Waals surface area contributed by atoms with Crippen LogP contribution in [0.5, 0.6) is 0 Å². The van der Waals surface area contributed by atoms with E-state index in [9.17, 15) is 8.78 Å². The first-order valence-electron chi connectivity index (χ1n) is 4.87. The van der Waals surface area contributed by atoms with E-state index in [4.69, 9.17) is 5.84 Å². The topological polar surface area (TPSA) is 63.8 Å². The minimum absolute atomic E-state index is 0.214. The summed E-state index contributed by atoms with van der Waals surface area (Å²) in [6, 6.07) is 2.94. The van der Waals surface area contributed by atoms with E-state index in [2.05, 4.69) is 15.0 Å². The van der Waals surface area contributed by atoms with Crippen LogP contribution in [-0.4, -0.2) is 9.59 Å². The zero-order valence-corrected chi connectivity index (χ0v) is 9.55. The molecule has 0 aliphatic heterocycles. The Hall–Kier alpha value is -1.44. The van der Waals surface area contributed by atoms with E-state index >= 15 is 0 Å². The quantitative estimate of drug-likeness (QED) is 0.643. The molecule has 7 heteroatoms. The Labute approximate surface area is 101 Å². The Kier molecular flexibility index (Phi) is 3.72. The number of aromatic nitrogens is 2. The van der Waals surface area contributed by atoms with Gasteiger partial charge in [-0.3, -0.25) is 11.3 Å². The lowest BCUT2D eigenvalue weighted by atomic mass is 10.0. The number of benzene rings is 1. The van der Waals surface area contributed by atoms with Gasteiger partial charge in [-0.15, -0.1) is 5.10 Å². The Bertz CT molecular complexity index is 489. The van der Waals surface area contributed by atoms with Crippen LogP contribution >= 0.6 is 11.5 Å². The number of nitrogens with one attached hydrogen (secondary N) is 1. The highest BCUT2D eigenvalue weighted by molar-refractivity contribution is 7.03. The van der Waals surface area contributed by atoms with Gasteiger partial charge in [-0.05, 0) is 41.7 Å². The number of nitrogens with two attached hydrogens (primary N) is 1. The first-order chi connectivity index (χ1) is 8.20. The molecule has 2 rings (SSSR count). The summed E-state index contributed by atoms with van der Waals surface area (Å²) in [7, 11) is 0. The molecule has 1 aromatic carbocycles. The molecular weight excluding hydrogens is 246 g/mol. The van der Waals surface area contributed by atoms with Crippen LogP contribution < -0.4 is 11.3 Å². The van der Waals surface area contributed by atoms with Crippen molar-refractivity contribution in [1.29, 1.82) is 0 Å². The highest BCUT2D eigenvalue weighted by atomic mass is 32.1. The fraction of sp³-hybridized carbons (Fsp3) is 0.200. The SMILES string of the molecule is NNC(Cc1cc(F)ccc1F)c1csnn1. The van der Waals surface area contributed by atoms with E-state index in [0.717, 1.165) is 18.2 Å². The van der Waals surface area contributed by atoms with Gasteiger partial charge in [0.2, 0.25) is 0 Å². The predicted molar refractivity (Wildman–Crippen MR) is 60.0 cm³/mol. The fourth-order valence-electron chi connectivity index (χ4n) is 1.49. The van der Waals surface area contributed by atoms with Crippen molar-refractivity contribution in [2.24, 2.45) is 5.84 Å². The molecule has 0 aliphatic carbocycles. The first kappa shape index (κ1) is 12.0. The molecule has 0 bridgehead atoms. The van der Waals surface area contributed by atoms with Crippen molar-refractivity contribution < 1.29 is 8.78 Å². The monoisotopic (exact) mass is 256 g/mol. The lowest BCUT2D eigenvalue weighted by molar-refractivity contribution is 0.513. The van der Waals surface area contributed by atoms with Gasteiger partial charge >= 0.3 is 0 Å². The van der Waals surface area contributed by atoms with Crippen LogP contribution in [0.1, 0.15) is 17.3 Å². The summed E-state index contributed by atoms with van der Waals surface area (Å²) < 4.78 is 30.1. The van der Waals surface area contributed by atoms with Gasteiger partial charge in [-0.25, -0.2) is 8.78 Å². The Morgan fingerprint density at radius 3 is 2.88 bits per heavy atom. The standard InChI is InChI=1S/C10H10F2N4S/c11-7-1-2-8(12)6(3-7)4-9(14-13)10-5-17-16-15-10/h1-3,5,9,14H,4,13H2. The number of hydrogen-bond donors (Lipinski definition) is 2. The van der Waals surface area contributed by atoms with Gasteiger partial charge in [0.25, 0.3) is 0 Å². The van der Waals surface area contributed by atoms with Crippen molar-refractivity contribution in [3.8, 4) is 0 Å². The zero-order valence-electron chi connectivity index (χ0n) is 8.73. The maximum absolute atomic E-state index is 13.4. The van der Waals surface area contributed by atoms with Crippen molar-refractivity contribution in [1.82, 2.24) is 15.0 Å². The molecule has 0 fully saturated rings. The van der Waals surface area contributed by atoms with Crippen molar-refractivity contribution in [3.05, 3.63) is 46.5 Å². The number of nitrogens with zero attached hydrogens (tertiary/aromatic N) is 2. The van der Waals surface area contributed by atoms with Crippen molar-refractivity contribution >= 4 is 11.5 Å². The van der Waals surface area contributed by atoms with Gasteiger partial charge < -0.3 is 0 Å². The fourth-order valence-corrected chi connectivity index (χ4v) is 2.00. The molecule has 3 N–H and O–H groups in total. The zero-order chi connectivity index (χ0) is 12.3. The molecular formula is C10H10F2N4S. The lowest BCUT2D eigenvalue weighted by Crippen LogP contribution is -2.30.